The lowest BCUT2D eigenvalue weighted by atomic mass is 10.0. The highest BCUT2D eigenvalue weighted by atomic mass is 32.2. The van der Waals surface area contributed by atoms with Gasteiger partial charge < -0.3 is 4.18 Å². The van der Waals surface area contributed by atoms with Crippen LogP contribution in [0.1, 0.15) is 11.1 Å². The predicted octanol–water partition coefficient (Wildman–Crippen LogP) is 5.71. The van der Waals surface area contributed by atoms with E-state index in [1.165, 1.54) is 5.56 Å². The molecule has 0 aliphatic carbocycles. The van der Waals surface area contributed by atoms with Gasteiger partial charge in [0, 0.05) is 10.8 Å². The highest BCUT2D eigenvalue weighted by Gasteiger charge is 2.13. The Bertz CT molecular complexity index is 1100. The van der Waals surface area contributed by atoms with E-state index in [0.29, 0.717) is 10.6 Å². The molecule has 0 amide bonds. The van der Waals surface area contributed by atoms with Gasteiger partial charge in [-0.3, -0.25) is 0 Å². The second-order valence-electron chi connectivity index (χ2n) is 6.28. The Morgan fingerprint density at radius 1 is 0.720 bits per heavy atom. The fraction of sp³-hybridized carbons (Fsp3) is 0.0909. The minimum Gasteiger partial charge on any atom is -0.396 e. The molecule has 124 valence electrons. The number of rotatable bonds is 3. The Morgan fingerprint density at radius 3 is 2.20 bits per heavy atom. The summed E-state index contributed by atoms with van der Waals surface area (Å²) in [5.41, 5.74) is 2.32. The SMILES string of the molecule is Cc1ccc(S(=O)Oc2c3ccccc3cc3cc(C)ccc23)cc1. The molecule has 1 atom stereocenters. The highest BCUT2D eigenvalue weighted by Crippen LogP contribution is 2.36. The quantitative estimate of drug-likeness (QED) is 0.444. The molecule has 0 N–H and O–H groups in total. The van der Waals surface area contributed by atoms with Crippen molar-refractivity contribution in [1.29, 1.82) is 0 Å². The molecule has 0 aliphatic heterocycles. The van der Waals surface area contributed by atoms with Crippen molar-refractivity contribution in [2.75, 3.05) is 0 Å². The van der Waals surface area contributed by atoms with Crippen molar-refractivity contribution >= 4 is 32.6 Å². The second kappa shape index (κ2) is 6.34. The van der Waals surface area contributed by atoms with Crippen LogP contribution in [-0.2, 0) is 11.1 Å². The standard InChI is InChI=1S/C22H18O2S/c1-15-7-10-19(11-8-15)25(23)24-22-20-6-4-3-5-17(20)14-18-13-16(2)9-12-21(18)22/h3-14H,1-2H3. The van der Waals surface area contributed by atoms with Gasteiger partial charge in [0.25, 0.3) is 0 Å². The molecule has 4 aromatic carbocycles. The molecule has 1 unspecified atom stereocenters. The van der Waals surface area contributed by atoms with Gasteiger partial charge in [-0.2, -0.15) is 0 Å². The van der Waals surface area contributed by atoms with Crippen molar-refractivity contribution in [1.82, 2.24) is 0 Å². The Labute approximate surface area is 149 Å². The molecule has 0 saturated heterocycles. The highest BCUT2D eigenvalue weighted by molar-refractivity contribution is 7.80. The van der Waals surface area contributed by atoms with Crippen LogP contribution >= 0.6 is 0 Å². The van der Waals surface area contributed by atoms with E-state index in [1.807, 2.05) is 55.5 Å². The summed E-state index contributed by atoms with van der Waals surface area (Å²) in [6.07, 6.45) is 0. The van der Waals surface area contributed by atoms with Crippen LogP contribution in [0, 0.1) is 13.8 Å². The maximum absolute atomic E-state index is 12.8. The number of hydrogen-bond acceptors (Lipinski definition) is 2. The van der Waals surface area contributed by atoms with Crippen LogP contribution in [0.5, 0.6) is 5.75 Å². The Morgan fingerprint density at radius 2 is 1.40 bits per heavy atom. The van der Waals surface area contributed by atoms with Crippen LogP contribution in [0.4, 0.5) is 0 Å². The van der Waals surface area contributed by atoms with Crippen molar-refractivity contribution in [2.24, 2.45) is 0 Å². The van der Waals surface area contributed by atoms with Crippen LogP contribution in [0.2, 0.25) is 0 Å². The van der Waals surface area contributed by atoms with Gasteiger partial charge >= 0.3 is 0 Å². The molecule has 0 aromatic heterocycles. The number of aryl methyl sites for hydroxylation is 2. The molecule has 0 radical (unpaired) electrons. The molecule has 0 bridgehead atoms. The van der Waals surface area contributed by atoms with E-state index in [0.717, 1.165) is 27.1 Å². The topological polar surface area (TPSA) is 26.3 Å². The largest absolute Gasteiger partial charge is 0.396 e. The molecule has 0 aliphatic rings. The summed E-state index contributed by atoms with van der Waals surface area (Å²) < 4.78 is 18.7. The average molecular weight is 346 g/mol. The summed E-state index contributed by atoms with van der Waals surface area (Å²) >= 11 is -1.56. The molecule has 0 fully saturated rings. The van der Waals surface area contributed by atoms with E-state index < -0.39 is 11.1 Å². The first-order valence-electron chi connectivity index (χ1n) is 8.21. The first kappa shape index (κ1) is 15.9. The summed E-state index contributed by atoms with van der Waals surface area (Å²) in [5.74, 6) is 0.673. The molecule has 4 aromatic rings. The average Bonchev–Trinajstić information content (AvgIpc) is 2.61. The second-order valence-corrected chi connectivity index (χ2v) is 7.39. The molecule has 0 saturated carbocycles. The zero-order chi connectivity index (χ0) is 17.4. The lowest BCUT2D eigenvalue weighted by Gasteiger charge is -2.12. The van der Waals surface area contributed by atoms with Crippen molar-refractivity contribution < 1.29 is 8.39 Å². The third kappa shape index (κ3) is 3.03. The first-order chi connectivity index (χ1) is 12.1. The van der Waals surface area contributed by atoms with Crippen molar-refractivity contribution in [2.45, 2.75) is 18.7 Å². The fourth-order valence-corrected chi connectivity index (χ4v) is 3.80. The van der Waals surface area contributed by atoms with Gasteiger partial charge in [-0.15, -0.1) is 0 Å². The van der Waals surface area contributed by atoms with Gasteiger partial charge in [-0.05, 0) is 42.8 Å². The van der Waals surface area contributed by atoms with Gasteiger partial charge in [-0.1, -0.05) is 65.7 Å². The van der Waals surface area contributed by atoms with E-state index in [2.05, 4.69) is 31.2 Å². The van der Waals surface area contributed by atoms with E-state index in [-0.39, 0.29) is 0 Å². The summed E-state index contributed by atoms with van der Waals surface area (Å²) in [7, 11) is 0. The van der Waals surface area contributed by atoms with Crippen LogP contribution < -0.4 is 4.18 Å². The number of benzene rings is 4. The third-order valence-corrected chi connectivity index (χ3v) is 5.32. The Hall–Kier alpha value is -2.65. The predicted molar refractivity (Wildman–Crippen MR) is 104 cm³/mol. The molecular weight excluding hydrogens is 328 g/mol. The third-order valence-electron chi connectivity index (χ3n) is 4.34. The van der Waals surface area contributed by atoms with Crippen molar-refractivity contribution in [3.8, 4) is 5.75 Å². The van der Waals surface area contributed by atoms with Crippen LogP contribution in [0.25, 0.3) is 21.5 Å². The van der Waals surface area contributed by atoms with Gasteiger partial charge in [0.2, 0.25) is 11.1 Å². The van der Waals surface area contributed by atoms with Gasteiger partial charge in [0.15, 0.2) is 5.75 Å². The normalized spacial score (nSPS) is 12.4. The van der Waals surface area contributed by atoms with Crippen LogP contribution in [-0.4, -0.2) is 4.21 Å². The fourth-order valence-electron chi connectivity index (χ4n) is 3.01. The molecule has 2 nitrogen and oxygen atoms in total. The molecule has 3 heteroatoms. The first-order valence-corrected chi connectivity index (χ1v) is 9.28. The van der Waals surface area contributed by atoms with Crippen molar-refractivity contribution in [3.05, 3.63) is 83.9 Å². The summed E-state index contributed by atoms with van der Waals surface area (Å²) in [5, 5.41) is 4.12. The van der Waals surface area contributed by atoms with E-state index in [9.17, 15) is 4.21 Å². The molecule has 0 spiro atoms. The smallest absolute Gasteiger partial charge is 0.240 e. The zero-order valence-corrected chi connectivity index (χ0v) is 15.0. The van der Waals surface area contributed by atoms with Crippen LogP contribution in [0.3, 0.4) is 0 Å². The van der Waals surface area contributed by atoms with Crippen molar-refractivity contribution in [3.63, 3.8) is 0 Å². The molecular formula is C22H18O2S. The van der Waals surface area contributed by atoms with E-state index in [4.69, 9.17) is 4.18 Å². The lowest BCUT2D eigenvalue weighted by molar-refractivity contribution is 0.570. The minimum absolute atomic E-state index is 0.666. The van der Waals surface area contributed by atoms with Gasteiger partial charge in [-0.25, -0.2) is 4.21 Å². The maximum Gasteiger partial charge on any atom is 0.240 e. The van der Waals surface area contributed by atoms with Gasteiger partial charge in [0.05, 0.1) is 4.90 Å². The monoisotopic (exact) mass is 346 g/mol. The maximum atomic E-state index is 12.8. The molecule has 0 heterocycles. The number of fused-ring (bicyclic) bond motifs is 2. The lowest BCUT2D eigenvalue weighted by Crippen LogP contribution is -2.02. The van der Waals surface area contributed by atoms with Crippen LogP contribution in [0.15, 0.2) is 77.7 Å². The van der Waals surface area contributed by atoms with E-state index in [1.54, 1.807) is 0 Å². The zero-order valence-electron chi connectivity index (χ0n) is 14.2. The molecule has 4 rings (SSSR count). The summed E-state index contributed by atoms with van der Waals surface area (Å²) in [4.78, 5) is 0.666. The number of hydrogen-bond donors (Lipinski definition) is 0. The summed E-state index contributed by atoms with van der Waals surface area (Å²) in [6.45, 7) is 4.08. The summed E-state index contributed by atoms with van der Waals surface area (Å²) in [6, 6.07) is 24.0. The Kier molecular flexibility index (Phi) is 4.02. The van der Waals surface area contributed by atoms with E-state index >= 15 is 0 Å². The minimum atomic E-state index is -1.56. The molecule has 25 heavy (non-hydrogen) atoms. The Balaban J connectivity index is 1.88. The van der Waals surface area contributed by atoms with Gasteiger partial charge in [0.1, 0.15) is 0 Å².